The highest BCUT2D eigenvalue weighted by molar-refractivity contribution is 7.53. The molecule has 5 nitrogen and oxygen atoms in total. The van der Waals surface area contributed by atoms with Gasteiger partial charge in [0.15, 0.2) is 0 Å². The monoisotopic (exact) mass is 229 g/mol. The topological polar surface area (TPSA) is 61.3 Å². The molecule has 0 N–H and O–H groups in total. The van der Waals surface area contributed by atoms with Crippen LogP contribution in [0.5, 0.6) is 0 Å². The Kier molecular flexibility index (Phi) is 4.88. The SMILES string of the molecule is CCOP(=O)(Cc1cn[c]cn1)OCC. The van der Waals surface area contributed by atoms with Crippen molar-refractivity contribution in [1.82, 2.24) is 9.97 Å². The summed E-state index contributed by atoms with van der Waals surface area (Å²) >= 11 is 0. The molecule has 0 aliphatic rings. The summed E-state index contributed by atoms with van der Waals surface area (Å²) in [6, 6.07) is 0. The minimum atomic E-state index is -3.06. The van der Waals surface area contributed by atoms with Gasteiger partial charge < -0.3 is 9.05 Å². The Morgan fingerprint density at radius 1 is 1.40 bits per heavy atom. The third-order valence-electron chi connectivity index (χ3n) is 1.58. The molecule has 1 rings (SSSR count). The van der Waals surface area contributed by atoms with Gasteiger partial charge in [-0.3, -0.25) is 14.5 Å². The van der Waals surface area contributed by atoms with Crippen LogP contribution in [0.2, 0.25) is 0 Å². The summed E-state index contributed by atoms with van der Waals surface area (Å²) in [5.74, 6) is 0. The van der Waals surface area contributed by atoms with Crippen molar-refractivity contribution < 1.29 is 13.6 Å². The lowest BCUT2D eigenvalue weighted by molar-refractivity contribution is 0.219. The first-order valence-electron chi connectivity index (χ1n) is 4.75. The first kappa shape index (κ1) is 12.3. The fraction of sp³-hybridized carbons (Fsp3) is 0.556. The molecule has 0 bridgehead atoms. The summed E-state index contributed by atoms with van der Waals surface area (Å²) in [6.45, 7) is 4.25. The summed E-state index contributed by atoms with van der Waals surface area (Å²) < 4.78 is 22.3. The molecule has 1 heterocycles. The second-order valence-corrected chi connectivity index (χ2v) is 4.80. The number of aromatic nitrogens is 2. The van der Waals surface area contributed by atoms with Gasteiger partial charge in [0, 0.05) is 6.20 Å². The molecule has 0 aliphatic heterocycles. The van der Waals surface area contributed by atoms with E-state index in [1.807, 2.05) is 0 Å². The molecule has 0 spiro atoms. The molecule has 83 valence electrons. The molecule has 0 amide bonds. The Labute approximate surface area is 89.4 Å². The van der Waals surface area contributed by atoms with Crippen LogP contribution in [0.4, 0.5) is 0 Å². The highest BCUT2D eigenvalue weighted by atomic mass is 31.2. The van der Waals surface area contributed by atoms with E-state index in [2.05, 4.69) is 16.2 Å². The normalized spacial score (nSPS) is 11.6. The minimum Gasteiger partial charge on any atom is -0.309 e. The lowest BCUT2D eigenvalue weighted by atomic mass is 10.5. The summed E-state index contributed by atoms with van der Waals surface area (Å²) in [4.78, 5) is 7.75. The zero-order chi connectivity index (χ0) is 11.1. The van der Waals surface area contributed by atoms with E-state index in [-0.39, 0.29) is 6.16 Å². The van der Waals surface area contributed by atoms with Gasteiger partial charge in [0.05, 0.1) is 31.3 Å². The van der Waals surface area contributed by atoms with E-state index in [0.29, 0.717) is 18.9 Å². The molecule has 0 fully saturated rings. The zero-order valence-corrected chi connectivity index (χ0v) is 9.74. The molecule has 0 saturated heterocycles. The van der Waals surface area contributed by atoms with Gasteiger partial charge in [-0.05, 0) is 13.8 Å². The van der Waals surface area contributed by atoms with Gasteiger partial charge in [0.2, 0.25) is 0 Å². The molecular formula is C9H14N2O3P. The highest BCUT2D eigenvalue weighted by Crippen LogP contribution is 2.50. The molecule has 0 aliphatic carbocycles. The van der Waals surface area contributed by atoms with Crippen LogP contribution in [-0.2, 0) is 19.8 Å². The zero-order valence-electron chi connectivity index (χ0n) is 8.84. The van der Waals surface area contributed by atoms with Crippen molar-refractivity contribution in [3.8, 4) is 0 Å². The lowest BCUT2D eigenvalue weighted by Crippen LogP contribution is -2.00. The average molecular weight is 229 g/mol. The molecule has 0 aromatic carbocycles. The van der Waals surface area contributed by atoms with Crippen LogP contribution in [0.1, 0.15) is 19.5 Å². The maximum atomic E-state index is 12.1. The standard InChI is InChI=1S/C9H14N2O3P/c1-3-13-15(12,14-4-2)8-9-7-10-5-6-11-9/h6-7H,3-4,8H2,1-2H3. The Bertz CT molecular complexity index is 321. The molecule has 0 saturated carbocycles. The van der Waals surface area contributed by atoms with Gasteiger partial charge in [-0.15, -0.1) is 0 Å². The average Bonchev–Trinajstić information content (AvgIpc) is 2.19. The third kappa shape index (κ3) is 4.08. The van der Waals surface area contributed by atoms with Crippen molar-refractivity contribution in [1.29, 1.82) is 0 Å². The molecule has 0 unspecified atom stereocenters. The van der Waals surface area contributed by atoms with E-state index in [1.165, 1.54) is 12.4 Å². The molecule has 15 heavy (non-hydrogen) atoms. The quantitative estimate of drug-likeness (QED) is 0.698. The predicted octanol–water partition coefficient (Wildman–Crippen LogP) is 2.04. The van der Waals surface area contributed by atoms with E-state index >= 15 is 0 Å². The summed E-state index contributed by atoms with van der Waals surface area (Å²) in [5, 5.41) is 0. The number of hydrogen-bond donors (Lipinski definition) is 0. The number of rotatable bonds is 6. The van der Waals surface area contributed by atoms with E-state index < -0.39 is 7.60 Å². The van der Waals surface area contributed by atoms with Gasteiger partial charge in [0.1, 0.15) is 6.20 Å². The second-order valence-electron chi connectivity index (χ2n) is 2.74. The molecular weight excluding hydrogens is 215 g/mol. The first-order chi connectivity index (χ1) is 7.20. The van der Waals surface area contributed by atoms with Gasteiger partial charge in [0.25, 0.3) is 0 Å². The number of hydrogen-bond acceptors (Lipinski definition) is 5. The van der Waals surface area contributed by atoms with Crippen LogP contribution in [0.25, 0.3) is 0 Å². The van der Waals surface area contributed by atoms with E-state index in [4.69, 9.17) is 9.05 Å². The highest BCUT2D eigenvalue weighted by Gasteiger charge is 2.24. The van der Waals surface area contributed by atoms with Crippen molar-refractivity contribution in [2.45, 2.75) is 20.0 Å². The van der Waals surface area contributed by atoms with Crippen LogP contribution >= 0.6 is 7.60 Å². The van der Waals surface area contributed by atoms with Gasteiger partial charge in [-0.25, -0.2) is 0 Å². The maximum Gasteiger partial charge on any atom is 0.336 e. The molecule has 1 aromatic rings. The van der Waals surface area contributed by atoms with Crippen molar-refractivity contribution in [2.75, 3.05) is 13.2 Å². The van der Waals surface area contributed by atoms with Gasteiger partial charge in [-0.1, -0.05) is 0 Å². The number of nitrogens with zero attached hydrogens (tertiary/aromatic N) is 2. The first-order valence-corrected chi connectivity index (χ1v) is 6.48. The Balaban J connectivity index is 2.71. The van der Waals surface area contributed by atoms with Crippen LogP contribution in [-0.4, -0.2) is 23.2 Å². The van der Waals surface area contributed by atoms with E-state index in [9.17, 15) is 4.57 Å². The smallest absolute Gasteiger partial charge is 0.309 e. The lowest BCUT2D eigenvalue weighted by Gasteiger charge is -2.15. The predicted molar refractivity (Wildman–Crippen MR) is 55.4 cm³/mol. The summed E-state index contributed by atoms with van der Waals surface area (Å²) in [6.07, 6.45) is 5.63. The third-order valence-corrected chi connectivity index (χ3v) is 3.60. The van der Waals surface area contributed by atoms with Crippen LogP contribution in [0, 0.1) is 6.20 Å². The largest absolute Gasteiger partial charge is 0.336 e. The fourth-order valence-corrected chi connectivity index (χ4v) is 2.70. The minimum absolute atomic E-state index is 0.149. The van der Waals surface area contributed by atoms with Crippen molar-refractivity contribution in [3.63, 3.8) is 0 Å². The fourth-order valence-electron chi connectivity index (χ4n) is 1.09. The van der Waals surface area contributed by atoms with Gasteiger partial charge in [-0.2, -0.15) is 0 Å². The molecule has 1 radical (unpaired) electrons. The maximum absolute atomic E-state index is 12.1. The summed E-state index contributed by atoms with van der Waals surface area (Å²) in [5.41, 5.74) is 0.582. The van der Waals surface area contributed by atoms with E-state index in [0.717, 1.165) is 0 Å². The van der Waals surface area contributed by atoms with Crippen LogP contribution < -0.4 is 0 Å². The summed E-state index contributed by atoms with van der Waals surface area (Å²) in [7, 11) is -3.06. The van der Waals surface area contributed by atoms with Crippen molar-refractivity contribution in [2.24, 2.45) is 0 Å². The van der Waals surface area contributed by atoms with Crippen LogP contribution in [0.3, 0.4) is 0 Å². The molecule has 6 heteroatoms. The van der Waals surface area contributed by atoms with Gasteiger partial charge >= 0.3 is 7.60 Å². The molecule has 0 atom stereocenters. The Hall–Kier alpha value is -0.770. The van der Waals surface area contributed by atoms with Crippen molar-refractivity contribution in [3.05, 3.63) is 24.3 Å². The van der Waals surface area contributed by atoms with Crippen molar-refractivity contribution >= 4 is 7.60 Å². The second kappa shape index (κ2) is 5.95. The Morgan fingerprint density at radius 2 is 2.07 bits per heavy atom. The Morgan fingerprint density at radius 3 is 2.53 bits per heavy atom. The molecule has 1 aromatic heterocycles. The van der Waals surface area contributed by atoms with Crippen LogP contribution in [0.15, 0.2) is 12.4 Å². The van der Waals surface area contributed by atoms with E-state index in [1.54, 1.807) is 13.8 Å².